The van der Waals surface area contributed by atoms with E-state index in [1.807, 2.05) is 12.1 Å². The van der Waals surface area contributed by atoms with Crippen LogP contribution in [-0.2, 0) is 10.8 Å². The van der Waals surface area contributed by atoms with Crippen molar-refractivity contribution in [2.75, 3.05) is 0 Å². The number of hydrogen-bond acceptors (Lipinski definition) is 2. The topological polar surface area (TPSA) is 30.7 Å². The quantitative estimate of drug-likeness (QED) is 0.182. The van der Waals surface area contributed by atoms with Gasteiger partial charge in [-0.2, -0.15) is 0 Å². The van der Waals surface area contributed by atoms with Crippen molar-refractivity contribution in [1.29, 1.82) is 0 Å². The van der Waals surface area contributed by atoms with E-state index in [0.717, 1.165) is 33.6 Å². The van der Waals surface area contributed by atoms with Gasteiger partial charge in [0.1, 0.15) is 0 Å². The molecule has 0 unspecified atom stereocenters. The van der Waals surface area contributed by atoms with Crippen LogP contribution in [0, 0.1) is 0 Å². The molecule has 1 aliphatic heterocycles. The van der Waals surface area contributed by atoms with E-state index in [4.69, 9.17) is 9.97 Å². The number of para-hydroxylation sites is 1. The van der Waals surface area contributed by atoms with Crippen LogP contribution in [0.1, 0.15) is 49.9 Å². The summed E-state index contributed by atoms with van der Waals surface area (Å²) >= 11 is 0. The Morgan fingerprint density at radius 2 is 1.00 bits per heavy atom. The second-order valence-electron chi connectivity index (χ2n) is 16.3. The molecule has 3 nitrogen and oxygen atoms in total. The molecule has 55 heavy (non-hydrogen) atoms. The first-order valence-corrected chi connectivity index (χ1v) is 19.2. The van der Waals surface area contributed by atoms with Gasteiger partial charge in [0.05, 0.1) is 28.1 Å². The Morgan fingerprint density at radius 3 is 1.73 bits per heavy atom. The Kier molecular flexibility index (Phi) is 6.65. The summed E-state index contributed by atoms with van der Waals surface area (Å²) in [6.07, 6.45) is 0. The summed E-state index contributed by atoms with van der Waals surface area (Å²) in [6, 6.07) is 59.5. The first-order chi connectivity index (χ1) is 26.8. The summed E-state index contributed by atoms with van der Waals surface area (Å²) in [6.45, 7) is 9.51. The highest BCUT2D eigenvalue weighted by Gasteiger charge is 2.39. The molecule has 0 saturated carbocycles. The Balaban J connectivity index is 1.15. The van der Waals surface area contributed by atoms with Crippen LogP contribution in [0.3, 0.4) is 0 Å². The number of nitrogens with zero attached hydrogens (tertiary/aromatic N) is 3. The zero-order valence-electron chi connectivity index (χ0n) is 31.4. The van der Waals surface area contributed by atoms with Gasteiger partial charge in [-0.05, 0) is 87.0 Å². The molecule has 2 aromatic heterocycles. The molecule has 3 heteroatoms. The fourth-order valence-corrected chi connectivity index (χ4v) is 9.50. The van der Waals surface area contributed by atoms with Gasteiger partial charge in [-0.3, -0.25) is 0 Å². The van der Waals surface area contributed by atoms with E-state index in [1.54, 1.807) is 0 Å². The van der Waals surface area contributed by atoms with Crippen LogP contribution in [0.25, 0.3) is 83.6 Å². The predicted molar refractivity (Wildman–Crippen MR) is 228 cm³/mol. The van der Waals surface area contributed by atoms with Gasteiger partial charge in [0.2, 0.25) is 0 Å². The molecular weight excluding hydrogens is 667 g/mol. The molecule has 11 rings (SSSR count). The van der Waals surface area contributed by atoms with E-state index in [9.17, 15) is 0 Å². The van der Waals surface area contributed by atoms with Gasteiger partial charge in [-0.25, -0.2) is 9.97 Å². The highest BCUT2D eigenvalue weighted by molar-refractivity contribution is 6.14. The summed E-state index contributed by atoms with van der Waals surface area (Å²) in [5.41, 5.74) is 19.0. The van der Waals surface area contributed by atoms with Gasteiger partial charge >= 0.3 is 0 Å². The van der Waals surface area contributed by atoms with Crippen LogP contribution in [-0.4, -0.2) is 14.5 Å². The summed E-state index contributed by atoms with van der Waals surface area (Å²) in [4.78, 5) is 10.3. The number of hydrogen-bond donors (Lipinski definition) is 0. The highest BCUT2D eigenvalue weighted by atomic mass is 15.0. The van der Waals surface area contributed by atoms with Gasteiger partial charge in [0.25, 0.3) is 0 Å². The maximum atomic E-state index is 5.17. The SMILES string of the molecule is CC1(C)c2ccccc2-c2cc3c4cc(-c5cccc(-c6nc(-c7ccccc7)cc(-c7ccccc7)n6)c5)cc5c4n(c3cc21)-c1ccccc1C5(C)C. The number of aromatic nitrogens is 3. The fraction of sp³-hybridized carbons (Fsp3) is 0.115. The lowest BCUT2D eigenvalue weighted by atomic mass is 9.74. The van der Waals surface area contributed by atoms with Gasteiger partial charge in [0.15, 0.2) is 5.82 Å². The van der Waals surface area contributed by atoms with Crippen LogP contribution < -0.4 is 0 Å². The lowest BCUT2D eigenvalue weighted by molar-refractivity contribution is 0.630. The zero-order chi connectivity index (χ0) is 37.1. The van der Waals surface area contributed by atoms with Crippen LogP contribution in [0.2, 0.25) is 0 Å². The average Bonchev–Trinajstić information content (AvgIpc) is 3.67. The third-order valence-electron chi connectivity index (χ3n) is 12.4. The lowest BCUT2D eigenvalue weighted by Gasteiger charge is -2.35. The van der Waals surface area contributed by atoms with Gasteiger partial charge in [-0.1, -0.05) is 149 Å². The highest BCUT2D eigenvalue weighted by Crippen LogP contribution is 2.54. The van der Waals surface area contributed by atoms with Crippen molar-refractivity contribution in [3.63, 3.8) is 0 Å². The van der Waals surface area contributed by atoms with Gasteiger partial charge in [0, 0.05) is 38.3 Å². The second-order valence-corrected chi connectivity index (χ2v) is 16.3. The normalized spacial score (nSPS) is 14.5. The van der Waals surface area contributed by atoms with Crippen LogP contribution in [0.15, 0.2) is 164 Å². The van der Waals surface area contributed by atoms with E-state index < -0.39 is 0 Å². The summed E-state index contributed by atoms with van der Waals surface area (Å²) in [5, 5.41) is 2.58. The monoisotopic (exact) mass is 705 g/mol. The first-order valence-electron chi connectivity index (χ1n) is 19.2. The minimum atomic E-state index is -0.209. The molecular formula is C52H39N3. The molecule has 0 bridgehead atoms. The smallest absolute Gasteiger partial charge is 0.160 e. The maximum absolute atomic E-state index is 5.17. The Labute approximate surface area is 321 Å². The van der Waals surface area contributed by atoms with E-state index in [-0.39, 0.29) is 10.8 Å². The summed E-state index contributed by atoms with van der Waals surface area (Å²) in [5.74, 6) is 0.715. The molecule has 9 aromatic rings. The van der Waals surface area contributed by atoms with Crippen molar-refractivity contribution in [2.24, 2.45) is 0 Å². The summed E-state index contributed by atoms with van der Waals surface area (Å²) in [7, 11) is 0. The standard InChI is InChI=1S/C52H39N3/c1-51(2)41-23-12-11-22-37(41)38-29-39-40-27-36(28-44-49(40)55(48(39)30-43(38)51)47-25-14-13-24-42(47)52(44,3)4)34-20-15-21-35(26-34)50-53-45(32-16-7-5-8-17-32)31-46(54-50)33-18-9-6-10-19-33/h5-31H,1-4H3. The summed E-state index contributed by atoms with van der Waals surface area (Å²) < 4.78 is 2.55. The largest absolute Gasteiger partial charge is 0.309 e. The average molecular weight is 706 g/mol. The zero-order valence-corrected chi connectivity index (χ0v) is 31.4. The van der Waals surface area contributed by atoms with Crippen LogP contribution in [0.5, 0.6) is 0 Å². The third kappa shape index (κ3) is 4.63. The molecule has 2 aliphatic rings. The number of fused-ring (bicyclic) bond motifs is 8. The molecule has 3 heterocycles. The first kappa shape index (κ1) is 31.9. The van der Waals surface area contributed by atoms with Gasteiger partial charge < -0.3 is 4.57 Å². The molecule has 0 atom stereocenters. The van der Waals surface area contributed by atoms with Crippen LogP contribution in [0.4, 0.5) is 0 Å². The number of rotatable bonds is 4. The lowest BCUT2D eigenvalue weighted by Crippen LogP contribution is -2.26. The Morgan fingerprint density at radius 1 is 0.400 bits per heavy atom. The Hall–Kier alpha value is -6.58. The third-order valence-corrected chi connectivity index (χ3v) is 12.4. The molecule has 7 aromatic carbocycles. The molecule has 262 valence electrons. The maximum Gasteiger partial charge on any atom is 0.160 e. The molecule has 0 spiro atoms. The van der Waals surface area contributed by atoms with Crippen molar-refractivity contribution in [3.05, 3.63) is 186 Å². The van der Waals surface area contributed by atoms with Crippen molar-refractivity contribution < 1.29 is 0 Å². The van der Waals surface area contributed by atoms with E-state index in [0.29, 0.717) is 5.82 Å². The second kappa shape index (κ2) is 11.5. The molecule has 0 amide bonds. The van der Waals surface area contributed by atoms with Gasteiger partial charge in [-0.15, -0.1) is 0 Å². The minimum absolute atomic E-state index is 0.0843. The molecule has 0 fully saturated rings. The van der Waals surface area contributed by atoms with E-state index in [1.165, 1.54) is 66.4 Å². The van der Waals surface area contributed by atoms with E-state index >= 15 is 0 Å². The molecule has 0 radical (unpaired) electrons. The minimum Gasteiger partial charge on any atom is -0.309 e. The fourth-order valence-electron chi connectivity index (χ4n) is 9.50. The molecule has 0 saturated heterocycles. The number of benzene rings is 7. The van der Waals surface area contributed by atoms with Crippen molar-refractivity contribution in [1.82, 2.24) is 14.5 Å². The molecule has 0 N–H and O–H groups in total. The molecule has 1 aliphatic carbocycles. The van der Waals surface area contributed by atoms with E-state index in [2.05, 4.69) is 184 Å². The van der Waals surface area contributed by atoms with Crippen LogP contribution >= 0.6 is 0 Å². The van der Waals surface area contributed by atoms with Crippen molar-refractivity contribution >= 4 is 21.8 Å². The Bertz CT molecular complexity index is 2960. The predicted octanol–water partition coefficient (Wildman–Crippen LogP) is 13.2. The van der Waals surface area contributed by atoms with Crippen molar-refractivity contribution in [3.8, 4) is 61.8 Å². The van der Waals surface area contributed by atoms with Crippen molar-refractivity contribution in [2.45, 2.75) is 38.5 Å².